The van der Waals surface area contributed by atoms with Gasteiger partial charge in [0.2, 0.25) is 0 Å². The summed E-state index contributed by atoms with van der Waals surface area (Å²) >= 11 is 0. The van der Waals surface area contributed by atoms with Gasteiger partial charge in [0, 0.05) is 64.3 Å². The zero-order valence-electron chi connectivity index (χ0n) is 17.3. The highest BCUT2D eigenvalue weighted by Crippen LogP contribution is 2.27. The summed E-state index contributed by atoms with van der Waals surface area (Å²) < 4.78 is 2.34. The van der Waals surface area contributed by atoms with Crippen LogP contribution in [0.25, 0.3) is 10.9 Å². The van der Waals surface area contributed by atoms with Crippen molar-refractivity contribution in [2.24, 2.45) is 0 Å². The molecule has 0 spiro atoms. The molecule has 0 amide bonds. The molecule has 1 fully saturated rings. The van der Waals surface area contributed by atoms with Crippen molar-refractivity contribution >= 4 is 22.4 Å². The molecule has 0 saturated carbocycles. The van der Waals surface area contributed by atoms with Gasteiger partial charge in [-0.3, -0.25) is 4.90 Å². The highest BCUT2D eigenvalue weighted by Gasteiger charge is 2.22. The first kappa shape index (κ1) is 18.3. The van der Waals surface area contributed by atoms with Gasteiger partial charge in [-0.15, -0.1) is 10.2 Å². The Balaban J connectivity index is 1.28. The van der Waals surface area contributed by atoms with Crippen LogP contribution >= 0.6 is 0 Å². The molecule has 0 radical (unpaired) electrons. The summed E-state index contributed by atoms with van der Waals surface area (Å²) in [6.45, 7) is 6.06. The number of anilines is 2. The number of nitrogens with zero attached hydrogens (tertiary/aromatic N) is 8. The second-order valence-electron chi connectivity index (χ2n) is 8.20. The third kappa shape index (κ3) is 3.53. The molecule has 0 bridgehead atoms. The Morgan fingerprint density at radius 1 is 0.966 bits per heavy atom. The van der Waals surface area contributed by atoms with E-state index < -0.39 is 0 Å². The van der Waals surface area contributed by atoms with Gasteiger partial charge in [0.1, 0.15) is 23.8 Å². The van der Waals surface area contributed by atoms with Crippen LogP contribution < -0.4 is 9.80 Å². The molecule has 0 atom stereocenters. The number of hydrogen-bond donors (Lipinski definition) is 0. The molecule has 29 heavy (non-hydrogen) atoms. The van der Waals surface area contributed by atoms with Crippen molar-refractivity contribution in [1.82, 2.24) is 29.6 Å². The molecule has 2 aliphatic heterocycles. The minimum atomic E-state index is 0.900. The van der Waals surface area contributed by atoms with Crippen LogP contribution in [-0.2, 0) is 19.5 Å². The molecule has 0 N–H and O–H groups in total. The van der Waals surface area contributed by atoms with Crippen LogP contribution in [0.2, 0.25) is 0 Å². The maximum Gasteiger partial charge on any atom is 0.147 e. The number of fused-ring (bicyclic) bond motifs is 2. The van der Waals surface area contributed by atoms with Crippen molar-refractivity contribution in [3.8, 4) is 0 Å². The monoisotopic (exact) mass is 392 g/mol. The van der Waals surface area contributed by atoms with Gasteiger partial charge in [-0.2, -0.15) is 0 Å². The Hall–Kier alpha value is -2.74. The Bertz CT molecular complexity index is 1000. The van der Waals surface area contributed by atoms with Gasteiger partial charge in [0.05, 0.1) is 12.1 Å². The highest BCUT2D eigenvalue weighted by molar-refractivity contribution is 5.91. The molecule has 1 aromatic carbocycles. The van der Waals surface area contributed by atoms with Gasteiger partial charge in [-0.05, 0) is 31.0 Å². The van der Waals surface area contributed by atoms with E-state index in [-0.39, 0.29) is 0 Å². The Morgan fingerprint density at radius 2 is 1.83 bits per heavy atom. The van der Waals surface area contributed by atoms with Crippen LogP contribution in [0.4, 0.5) is 11.5 Å². The maximum absolute atomic E-state index is 4.47. The summed E-state index contributed by atoms with van der Waals surface area (Å²) in [4.78, 5) is 15.9. The lowest BCUT2D eigenvalue weighted by Gasteiger charge is -2.36. The molecule has 8 nitrogen and oxygen atoms in total. The van der Waals surface area contributed by atoms with Gasteiger partial charge in [0.25, 0.3) is 0 Å². The molecule has 0 unspecified atom stereocenters. The second-order valence-corrected chi connectivity index (χ2v) is 8.20. The largest absolute Gasteiger partial charge is 0.369 e. The molecule has 0 aliphatic carbocycles. The fourth-order valence-corrected chi connectivity index (χ4v) is 4.43. The third-order valence-corrected chi connectivity index (χ3v) is 6.06. The van der Waals surface area contributed by atoms with Gasteiger partial charge in [0.15, 0.2) is 0 Å². The summed E-state index contributed by atoms with van der Waals surface area (Å²) in [6, 6.07) is 6.52. The maximum atomic E-state index is 4.47. The summed E-state index contributed by atoms with van der Waals surface area (Å²) in [5.41, 5.74) is 2.23. The number of piperazine rings is 1. The smallest absolute Gasteiger partial charge is 0.147 e. The number of aromatic nitrogens is 5. The molecule has 4 heterocycles. The minimum absolute atomic E-state index is 0.900. The lowest BCUT2D eigenvalue weighted by molar-refractivity contribution is 0.239. The van der Waals surface area contributed by atoms with Crippen LogP contribution in [0.15, 0.2) is 24.5 Å². The molecular formula is C21H28N8. The molecule has 152 valence electrons. The SMILES string of the molecule is CN(C)c1ncnc2ccc(N3CCN(Cc4nnc5n4CCCC5)CC3)cc12. The van der Waals surface area contributed by atoms with Crippen molar-refractivity contribution in [2.75, 3.05) is 50.1 Å². The number of aryl methyl sites for hydroxylation is 1. The predicted molar refractivity (Wildman–Crippen MR) is 114 cm³/mol. The Labute approximate surface area is 171 Å². The van der Waals surface area contributed by atoms with Crippen LogP contribution in [0, 0.1) is 0 Å². The van der Waals surface area contributed by atoms with Gasteiger partial charge < -0.3 is 14.4 Å². The number of hydrogen-bond acceptors (Lipinski definition) is 7. The first-order valence-corrected chi connectivity index (χ1v) is 10.5. The number of benzene rings is 1. The first-order chi connectivity index (χ1) is 14.2. The van der Waals surface area contributed by atoms with Crippen LogP contribution in [-0.4, -0.2) is 69.9 Å². The first-order valence-electron chi connectivity index (χ1n) is 10.5. The lowest BCUT2D eigenvalue weighted by atomic mass is 10.1. The van der Waals surface area contributed by atoms with E-state index >= 15 is 0 Å². The van der Waals surface area contributed by atoms with E-state index in [4.69, 9.17) is 0 Å². The van der Waals surface area contributed by atoms with Gasteiger partial charge in [-0.25, -0.2) is 9.97 Å². The predicted octanol–water partition coefficient (Wildman–Crippen LogP) is 1.95. The second kappa shape index (κ2) is 7.59. The summed E-state index contributed by atoms with van der Waals surface area (Å²) in [6.07, 6.45) is 5.19. The van der Waals surface area contributed by atoms with Crippen LogP contribution in [0.1, 0.15) is 24.5 Å². The molecule has 1 saturated heterocycles. The average molecular weight is 393 g/mol. The average Bonchev–Trinajstić information content (AvgIpc) is 3.16. The van der Waals surface area contributed by atoms with Crippen molar-refractivity contribution in [2.45, 2.75) is 32.4 Å². The van der Waals surface area contributed by atoms with Crippen molar-refractivity contribution in [3.05, 3.63) is 36.2 Å². The summed E-state index contributed by atoms with van der Waals surface area (Å²) in [5.74, 6) is 3.26. The van der Waals surface area contributed by atoms with E-state index in [1.165, 1.54) is 24.4 Å². The lowest BCUT2D eigenvalue weighted by Crippen LogP contribution is -2.46. The molecule has 2 aromatic heterocycles. The third-order valence-electron chi connectivity index (χ3n) is 6.06. The van der Waals surface area contributed by atoms with Crippen LogP contribution in [0.3, 0.4) is 0 Å². The normalized spacial score (nSPS) is 17.5. The van der Waals surface area contributed by atoms with Crippen LogP contribution in [0.5, 0.6) is 0 Å². The van der Waals surface area contributed by atoms with Gasteiger partial charge in [-0.1, -0.05) is 0 Å². The zero-order chi connectivity index (χ0) is 19.8. The topological polar surface area (TPSA) is 66.2 Å². The molecule has 5 rings (SSSR count). The van der Waals surface area contributed by atoms with Gasteiger partial charge >= 0.3 is 0 Å². The summed E-state index contributed by atoms with van der Waals surface area (Å²) in [5, 5.41) is 9.97. The standard InChI is InChI=1S/C21H28N8/c1-26(2)21-17-13-16(6-7-18(17)22-15-23-21)28-11-9-27(10-12-28)14-20-25-24-19-5-3-4-8-29(19)20/h6-7,13,15H,3-5,8-12,14H2,1-2H3. The van der Waals surface area contributed by atoms with E-state index in [0.29, 0.717) is 0 Å². The fraction of sp³-hybridized carbons (Fsp3) is 0.524. The molecular weight excluding hydrogens is 364 g/mol. The van der Waals surface area contributed by atoms with E-state index in [2.05, 4.69) is 52.7 Å². The van der Waals surface area contributed by atoms with E-state index in [0.717, 1.165) is 68.2 Å². The highest BCUT2D eigenvalue weighted by atomic mass is 15.3. The Morgan fingerprint density at radius 3 is 2.66 bits per heavy atom. The fourth-order valence-electron chi connectivity index (χ4n) is 4.43. The van der Waals surface area contributed by atoms with Crippen molar-refractivity contribution < 1.29 is 0 Å². The quantitative estimate of drug-likeness (QED) is 0.672. The number of rotatable bonds is 4. The zero-order valence-corrected chi connectivity index (χ0v) is 17.3. The molecule has 3 aromatic rings. The molecule has 8 heteroatoms. The Kier molecular flexibility index (Phi) is 4.79. The minimum Gasteiger partial charge on any atom is -0.369 e. The van der Waals surface area contributed by atoms with E-state index in [1.807, 2.05) is 19.0 Å². The van der Waals surface area contributed by atoms with E-state index in [1.54, 1.807) is 6.33 Å². The van der Waals surface area contributed by atoms with Crippen molar-refractivity contribution in [1.29, 1.82) is 0 Å². The van der Waals surface area contributed by atoms with E-state index in [9.17, 15) is 0 Å². The van der Waals surface area contributed by atoms with Crippen molar-refractivity contribution in [3.63, 3.8) is 0 Å². The molecule has 2 aliphatic rings. The summed E-state index contributed by atoms with van der Waals surface area (Å²) in [7, 11) is 4.05.